The SMILES string of the molecule is COc1cc(C=C(C(=O)Nc2ccccc2C(=O)O)C(=O)Nc2ccccc2C(=O)O)ccc1O. The van der Waals surface area contributed by atoms with Gasteiger partial charge in [0.2, 0.25) is 0 Å². The fraction of sp³-hybridized carbons (Fsp3) is 0.0400. The van der Waals surface area contributed by atoms with Gasteiger partial charge in [-0.2, -0.15) is 0 Å². The molecule has 0 saturated carbocycles. The summed E-state index contributed by atoms with van der Waals surface area (Å²) in [5.74, 6) is -4.53. The molecule has 0 saturated heterocycles. The molecule has 5 N–H and O–H groups in total. The van der Waals surface area contributed by atoms with Crippen LogP contribution in [0.3, 0.4) is 0 Å². The average molecular weight is 476 g/mol. The van der Waals surface area contributed by atoms with Gasteiger partial charge in [-0.15, -0.1) is 0 Å². The van der Waals surface area contributed by atoms with Crippen LogP contribution in [0.25, 0.3) is 6.08 Å². The highest BCUT2D eigenvalue weighted by Gasteiger charge is 2.23. The van der Waals surface area contributed by atoms with Gasteiger partial charge in [-0.05, 0) is 48.0 Å². The van der Waals surface area contributed by atoms with Crippen molar-refractivity contribution in [2.75, 3.05) is 17.7 Å². The summed E-state index contributed by atoms with van der Waals surface area (Å²) in [6.07, 6.45) is 1.19. The summed E-state index contributed by atoms with van der Waals surface area (Å²) >= 11 is 0. The third kappa shape index (κ3) is 5.82. The van der Waals surface area contributed by atoms with Gasteiger partial charge in [0.25, 0.3) is 11.8 Å². The lowest BCUT2D eigenvalue weighted by atomic mass is 10.1. The highest BCUT2D eigenvalue weighted by Crippen LogP contribution is 2.28. The second kappa shape index (κ2) is 10.7. The number of hydrogen-bond acceptors (Lipinski definition) is 6. The Hall–Kier alpha value is -5.12. The first-order valence-corrected chi connectivity index (χ1v) is 10.1. The van der Waals surface area contributed by atoms with Crippen molar-refractivity contribution in [3.63, 3.8) is 0 Å². The molecule has 0 spiro atoms. The number of benzene rings is 3. The minimum atomic E-state index is -1.28. The van der Waals surface area contributed by atoms with E-state index in [-0.39, 0.29) is 34.0 Å². The van der Waals surface area contributed by atoms with E-state index in [0.717, 1.165) is 0 Å². The first-order chi connectivity index (χ1) is 16.7. The molecule has 35 heavy (non-hydrogen) atoms. The van der Waals surface area contributed by atoms with Crippen LogP contribution in [0.2, 0.25) is 0 Å². The Labute approximate surface area is 199 Å². The van der Waals surface area contributed by atoms with Gasteiger partial charge >= 0.3 is 11.9 Å². The average Bonchev–Trinajstić information content (AvgIpc) is 2.83. The fourth-order valence-electron chi connectivity index (χ4n) is 3.12. The Morgan fingerprint density at radius 1 is 0.771 bits per heavy atom. The lowest BCUT2D eigenvalue weighted by Crippen LogP contribution is -2.26. The number of hydrogen-bond donors (Lipinski definition) is 5. The second-order valence-corrected chi connectivity index (χ2v) is 7.10. The van der Waals surface area contributed by atoms with Crippen LogP contribution in [-0.4, -0.2) is 46.2 Å². The number of phenols is 1. The molecule has 0 aliphatic rings. The lowest BCUT2D eigenvalue weighted by Gasteiger charge is -2.13. The molecule has 0 aliphatic heterocycles. The first kappa shape index (κ1) is 24.5. The number of amides is 2. The molecule has 0 unspecified atom stereocenters. The zero-order chi connectivity index (χ0) is 25.5. The molecule has 3 aromatic carbocycles. The Morgan fingerprint density at radius 3 is 1.71 bits per heavy atom. The normalized spacial score (nSPS) is 10.1. The zero-order valence-electron chi connectivity index (χ0n) is 18.3. The number of rotatable bonds is 8. The molecule has 0 aromatic heterocycles. The van der Waals surface area contributed by atoms with E-state index in [9.17, 15) is 34.5 Å². The topological polar surface area (TPSA) is 162 Å². The van der Waals surface area contributed by atoms with Crippen molar-refractivity contribution in [2.45, 2.75) is 0 Å². The van der Waals surface area contributed by atoms with Gasteiger partial charge in [0.05, 0.1) is 29.6 Å². The number of carboxylic acid groups (broad SMARTS) is 2. The Morgan fingerprint density at radius 2 is 1.26 bits per heavy atom. The third-order valence-corrected chi connectivity index (χ3v) is 4.82. The summed E-state index contributed by atoms with van der Waals surface area (Å²) in [6.45, 7) is 0. The number of aromatic hydroxyl groups is 1. The predicted molar refractivity (Wildman–Crippen MR) is 127 cm³/mol. The minimum Gasteiger partial charge on any atom is -0.504 e. The van der Waals surface area contributed by atoms with E-state index < -0.39 is 29.3 Å². The molecular formula is C25H20N2O8. The number of phenolic OH excluding ortho intramolecular Hbond substituents is 1. The first-order valence-electron chi connectivity index (χ1n) is 10.1. The Balaban J connectivity index is 2.04. The van der Waals surface area contributed by atoms with Crippen molar-refractivity contribution in [2.24, 2.45) is 0 Å². The van der Waals surface area contributed by atoms with Gasteiger partial charge in [0.15, 0.2) is 11.5 Å². The van der Waals surface area contributed by atoms with E-state index in [1.807, 2.05) is 0 Å². The number of nitrogens with one attached hydrogen (secondary N) is 2. The van der Waals surface area contributed by atoms with E-state index >= 15 is 0 Å². The monoisotopic (exact) mass is 476 g/mol. The summed E-state index contributed by atoms with van der Waals surface area (Å²) in [4.78, 5) is 49.3. The number of aromatic carboxylic acids is 2. The molecule has 0 radical (unpaired) electrons. The van der Waals surface area contributed by atoms with Crippen LogP contribution in [-0.2, 0) is 9.59 Å². The second-order valence-electron chi connectivity index (χ2n) is 7.10. The van der Waals surface area contributed by atoms with E-state index in [0.29, 0.717) is 5.56 Å². The van der Waals surface area contributed by atoms with Crippen LogP contribution in [0, 0.1) is 0 Å². The predicted octanol–water partition coefficient (Wildman–Crippen LogP) is 3.46. The lowest BCUT2D eigenvalue weighted by molar-refractivity contribution is -0.118. The number of anilines is 2. The highest BCUT2D eigenvalue weighted by atomic mass is 16.5. The van der Waals surface area contributed by atoms with Gasteiger partial charge in [-0.1, -0.05) is 30.3 Å². The van der Waals surface area contributed by atoms with Crippen molar-refractivity contribution in [1.82, 2.24) is 0 Å². The number of para-hydroxylation sites is 2. The number of carboxylic acids is 2. The van der Waals surface area contributed by atoms with Gasteiger partial charge < -0.3 is 30.7 Å². The number of carbonyl (C=O) groups is 4. The van der Waals surface area contributed by atoms with E-state index in [2.05, 4.69) is 10.6 Å². The number of ether oxygens (including phenoxy) is 1. The molecule has 0 bridgehead atoms. The molecule has 0 fully saturated rings. The fourth-order valence-corrected chi connectivity index (χ4v) is 3.12. The van der Waals surface area contributed by atoms with Crippen molar-refractivity contribution >= 4 is 41.2 Å². The van der Waals surface area contributed by atoms with Crippen molar-refractivity contribution in [3.8, 4) is 11.5 Å². The van der Waals surface area contributed by atoms with E-state index in [1.54, 1.807) is 0 Å². The summed E-state index contributed by atoms with van der Waals surface area (Å²) in [6, 6.07) is 15.4. The maximum absolute atomic E-state index is 13.1. The van der Waals surface area contributed by atoms with Crippen LogP contribution in [0.15, 0.2) is 72.3 Å². The quantitative estimate of drug-likeness (QED) is 0.188. The Bertz CT molecular complexity index is 1270. The molecular weight excluding hydrogens is 456 g/mol. The zero-order valence-corrected chi connectivity index (χ0v) is 18.3. The summed E-state index contributed by atoms with van der Waals surface area (Å²) in [7, 11) is 1.33. The van der Waals surface area contributed by atoms with Crippen molar-refractivity contribution < 1.29 is 39.2 Å². The standard InChI is InChI=1S/C25H20N2O8/c1-35-21-13-14(10-11-20(21)28)12-17(22(29)26-18-8-4-2-6-15(18)24(31)32)23(30)27-19-9-5-3-7-16(19)25(33)34/h2-13,28H,1H3,(H,26,29)(H,27,30)(H,31,32)(H,33,34). The van der Waals surface area contributed by atoms with Crippen LogP contribution >= 0.6 is 0 Å². The van der Waals surface area contributed by atoms with Crippen molar-refractivity contribution in [1.29, 1.82) is 0 Å². The molecule has 10 nitrogen and oxygen atoms in total. The van der Waals surface area contributed by atoms with Gasteiger partial charge in [0.1, 0.15) is 5.57 Å². The van der Waals surface area contributed by atoms with E-state index in [4.69, 9.17) is 4.74 Å². The van der Waals surface area contributed by atoms with Crippen LogP contribution in [0.5, 0.6) is 11.5 Å². The molecule has 2 amide bonds. The maximum atomic E-state index is 13.1. The number of carbonyl (C=O) groups excluding carboxylic acids is 2. The van der Waals surface area contributed by atoms with Crippen LogP contribution in [0.4, 0.5) is 11.4 Å². The molecule has 0 heterocycles. The number of methoxy groups -OCH3 is 1. The summed E-state index contributed by atoms with van der Waals surface area (Å²) in [5.41, 5.74) is -0.627. The molecule has 10 heteroatoms. The molecule has 0 aliphatic carbocycles. The molecule has 0 atom stereocenters. The molecule has 3 rings (SSSR count). The van der Waals surface area contributed by atoms with Gasteiger partial charge in [-0.25, -0.2) is 9.59 Å². The van der Waals surface area contributed by atoms with Gasteiger partial charge in [-0.3, -0.25) is 9.59 Å². The smallest absolute Gasteiger partial charge is 0.337 e. The largest absolute Gasteiger partial charge is 0.504 e. The van der Waals surface area contributed by atoms with Gasteiger partial charge in [0, 0.05) is 0 Å². The maximum Gasteiger partial charge on any atom is 0.337 e. The minimum absolute atomic E-state index is 0.0436. The summed E-state index contributed by atoms with van der Waals surface area (Å²) < 4.78 is 5.05. The molecule has 178 valence electrons. The van der Waals surface area contributed by atoms with Crippen LogP contribution < -0.4 is 15.4 Å². The van der Waals surface area contributed by atoms with Crippen molar-refractivity contribution in [3.05, 3.63) is 89.0 Å². The molecule has 3 aromatic rings. The third-order valence-electron chi connectivity index (χ3n) is 4.82. The Kier molecular flexibility index (Phi) is 7.47. The summed E-state index contributed by atoms with van der Waals surface area (Å²) in [5, 5.41) is 33.4. The van der Waals surface area contributed by atoms with E-state index in [1.165, 1.54) is 79.9 Å². The van der Waals surface area contributed by atoms with Crippen LogP contribution in [0.1, 0.15) is 26.3 Å². The highest BCUT2D eigenvalue weighted by molar-refractivity contribution is 6.29.